The number of aromatic nitrogens is 3. The van der Waals surface area contributed by atoms with Gasteiger partial charge in [-0.3, -0.25) is 4.57 Å². The van der Waals surface area contributed by atoms with E-state index in [2.05, 4.69) is 31.0 Å². The summed E-state index contributed by atoms with van der Waals surface area (Å²) in [5.74, 6) is 1.02. The molecule has 0 aliphatic rings. The molecule has 1 rings (SSSR count). The fourth-order valence-electron chi connectivity index (χ4n) is 1.63. The lowest BCUT2D eigenvalue weighted by atomic mass is 9.99. The van der Waals surface area contributed by atoms with E-state index in [1.54, 1.807) is 4.57 Å². The van der Waals surface area contributed by atoms with Gasteiger partial charge in [-0.2, -0.15) is 5.10 Å². The Labute approximate surface area is 96.0 Å². The molecule has 0 spiro atoms. The lowest BCUT2D eigenvalue weighted by Crippen LogP contribution is -2.26. The summed E-state index contributed by atoms with van der Waals surface area (Å²) in [5.41, 5.74) is 5.94. The quantitative estimate of drug-likeness (QED) is 0.770. The highest BCUT2D eigenvalue weighted by atomic mass is 16.1. The third kappa shape index (κ3) is 2.72. The third-order valence-electron chi connectivity index (χ3n) is 3.08. The maximum Gasteiger partial charge on any atom is 0.343 e. The SMILES string of the molecule is CCCCn1c([C@@H](N)[C@@H](C)CC)n[nH]c1=O. The summed E-state index contributed by atoms with van der Waals surface area (Å²) in [5, 5.41) is 6.52. The summed E-state index contributed by atoms with van der Waals surface area (Å²) in [6.45, 7) is 6.96. The molecule has 1 aromatic rings. The van der Waals surface area contributed by atoms with Gasteiger partial charge in [0.2, 0.25) is 0 Å². The van der Waals surface area contributed by atoms with Crippen LogP contribution in [0, 0.1) is 5.92 Å². The Balaban J connectivity index is 2.91. The van der Waals surface area contributed by atoms with Crippen molar-refractivity contribution in [1.82, 2.24) is 14.8 Å². The maximum atomic E-state index is 11.6. The van der Waals surface area contributed by atoms with Crippen molar-refractivity contribution in [3.05, 3.63) is 16.3 Å². The predicted octanol–water partition coefficient (Wildman–Crippen LogP) is 1.42. The van der Waals surface area contributed by atoms with E-state index in [4.69, 9.17) is 5.73 Å². The van der Waals surface area contributed by atoms with Crippen LogP contribution in [-0.4, -0.2) is 14.8 Å². The summed E-state index contributed by atoms with van der Waals surface area (Å²) >= 11 is 0. The van der Waals surface area contributed by atoms with E-state index < -0.39 is 0 Å². The van der Waals surface area contributed by atoms with Gasteiger partial charge in [-0.05, 0) is 12.3 Å². The second kappa shape index (κ2) is 5.84. The molecule has 2 atom stereocenters. The van der Waals surface area contributed by atoms with Crippen LogP contribution in [0.1, 0.15) is 51.9 Å². The van der Waals surface area contributed by atoms with Crippen LogP contribution in [0.4, 0.5) is 0 Å². The molecule has 0 unspecified atom stereocenters. The van der Waals surface area contributed by atoms with Crippen LogP contribution in [0.25, 0.3) is 0 Å². The Morgan fingerprint density at radius 1 is 1.50 bits per heavy atom. The summed E-state index contributed by atoms with van der Waals surface area (Å²) < 4.78 is 1.67. The van der Waals surface area contributed by atoms with Gasteiger partial charge in [-0.15, -0.1) is 0 Å². The van der Waals surface area contributed by atoms with Crippen LogP contribution in [0.5, 0.6) is 0 Å². The van der Waals surface area contributed by atoms with Crippen molar-refractivity contribution < 1.29 is 0 Å². The molecule has 0 radical (unpaired) electrons. The van der Waals surface area contributed by atoms with E-state index in [0.717, 1.165) is 19.3 Å². The lowest BCUT2D eigenvalue weighted by Gasteiger charge is -2.17. The molecule has 0 saturated carbocycles. The summed E-state index contributed by atoms with van der Waals surface area (Å²) in [6.07, 6.45) is 3.01. The first kappa shape index (κ1) is 13.0. The monoisotopic (exact) mass is 226 g/mol. The van der Waals surface area contributed by atoms with Crippen molar-refractivity contribution >= 4 is 0 Å². The first-order valence-electron chi connectivity index (χ1n) is 6.02. The number of nitrogens with one attached hydrogen (secondary N) is 1. The summed E-state index contributed by atoms with van der Waals surface area (Å²) in [7, 11) is 0. The molecule has 0 fully saturated rings. The number of nitrogens with zero attached hydrogens (tertiary/aromatic N) is 2. The highest BCUT2D eigenvalue weighted by Crippen LogP contribution is 2.18. The van der Waals surface area contributed by atoms with Crippen LogP contribution in [0.2, 0.25) is 0 Å². The fourth-order valence-corrected chi connectivity index (χ4v) is 1.63. The standard InChI is InChI=1S/C11H22N4O/c1-4-6-7-15-10(13-14-11(15)16)9(12)8(3)5-2/h8-9H,4-7,12H2,1-3H3,(H,14,16)/t8-,9-/m0/s1. The molecule has 92 valence electrons. The van der Waals surface area contributed by atoms with Gasteiger partial charge in [0.15, 0.2) is 5.82 Å². The zero-order valence-electron chi connectivity index (χ0n) is 10.4. The third-order valence-corrected chi connectivity index (χ3v) is 3.08. The minimum Gasteiger partial charge on any atom is -0.321 e. The zero-order chi connectivity index (χ0) is 12.1. The Bertz CT molecular complexity index is 368. The van der Waals surface area contributed by atoms with E-state index in [1.165, 1.54) is 0 Å². The number of aromatic amines is 1. The number of H-pyrrole nitrogens is 1. The molecule has 5 nitrogen and oxygen atoms in total. The van der Waals surface area contributed by atoms with Crippen LogP contribution < -0.4 is 11.4 Å². The Hall–Kier alpha value is -1.10. The Morgan fingerprint density at radius 3 is 2.75 bits per heavy atom. The molecule has 0 saturated heterocycles. The number of rotatable bonds is 6. The molecular formula is C11H22N4O. The molecule has 0 aliphatic carbocycles. The van der Waals surface area contributed by atoms with Gasteiger partial charge in [0.25, 0.3) is 0 Å². The predicted molar refractivity (Wildman–Crippen MR) is 64.1 cm³/mol. The van der Waals surface area contributed by atoms with Crippen molar-refractivity contribution in [2.75, 3.05) is 0 Å². The molecule has 1 aromatic heterocycles. The van der Waals surface area contributed by atoms with Crippen molar-refractivity contribution in [3.63, 3.8) is 0 Å². The minimum atomic E-state index is -0.166. The number of unbranched alkanes of at least 4 members (excludes halogenated alkanes) is 1. The second-order valence-corrected chi connectivity index (χ2v) is 4.30. The van der Waals surface area contributed by atoms with Gasteiger partial charge >= 0.3 is 5.69 Å². The van der Waals surface area contributed by atoms with Crippen LogP contribution >= 0.6 is 0 Å². The van der Waals surface area contributed by atoms with Crippen molar-refractivity contribution in [2.24, 2.45) is 11.7 Å². The smallest absolute Gasteiger partial charge is 0.321 e. The molecule has 0 aliphatic heterocycles. The van der Waals surface area contributed by atoms with E-state index in [9.17, 15) is 4.79 Å². The molecule has 16 heavy (non-hydrogen) atoms. The summed E-state index contributed by atoms with van der Waals surface area (Å²) in [4.78, 5) is 11.6. The number of nitrogens with two attached hydrogens (primary N) is 1. The summed E-state index contributed by atoms with van der Waals surface area (Å²) in [6, 6.07) is -0.166. The molecule has 0 bridgehead atoms. The van der Waals surface area contributed by atoms with Crippen molar-refractivity contribution in [1.29, 1.82) is 0 Å². The van der Waals surface area contributed by atoms with E-state index in [1.807, 2.05) is 0 Å². The maximum absolute atomic E-state index is 11.6. The zero-order valence-corrected chi connectivity index (χ0v) is 10.4. The van der Waals surface area contributed by atoms with Crippen LogP contribution in [0.15, 0.2) is 4.79 Å². The molecular weight excluding hydrogens is 204 g/mol. The van der Waals surface area contributed by atoms with Gasteiger partial charge < -0.3 is 5.73 Å². The molecule has 3 N–H and O–H groups in total. The molecule has 1 heterocycles. The van der Waals surface area contributed by atoms with Gasteiger partial charge in [-0.1, -0.05) is 33.6 Å². The highest BCUT2D eigenvalue weighted by molar-refractivity contribution is 4.95. The van der Waals surface area contributed by atoms with Gasteiger partial charge in [0.1, 0.15) is 0 Å². The molecule has 0 aromatic carbocycles. The molecule has 5 heteroatoms. The van der Waals surface area contributed by atoms with Gasteiger partial charge in [0, 0.05) is 6.54 Å². The second-order valence-electron chi connectivity index (χ2n) is 4.30. The highest BCUT2D eigenvalue weighted by Gasteiger charge is 2.20. The first-order chi connectivity index (χ1) is 7.61. The topological polar surface area (TPSA) is 76.7 Å². The first-order valence-corrected chi connectivity index (χ1v) is 6.02. The average molecular weight is 226 g/mol. The minimum absolute atomic E-state index is 0.151. The lowest BCUT2D eigenvalue weighted by molar-refractivity contribution is 0.417. The van der Waals surface area contributed by atoms with E-state index in [0.29, 0.717) is 18.3 Å². The van der Waals surface area contributed by atoms with Crippen LogP contribution in [0.3, 0.4) is 0 Å². The van der Waals surface area contributed by atoms with E-state index >= 15 is 0 Å². The van der Waals surface area contributed by atoms with Crippen molar-refractivity contribution in [2.45, 2.75) is 52.6 Å². The van der Waals surface area contributed by atoms with Gasteiger partial charge in [-0.25, -0.2) is 9.89 Å². The normalized spacial score (nSPS) is 15.0. The van der Waals surface area contributed by atoms with Crippen molar-refractivity contribution in [3.8, 4) is 0 Å². The Kier molecular flexibility index (Phi) is 4.73. The van der Waals surface area contributed by atoms with Gasteiger partial charge in [0.05, 0.1) is 6.04 Å². The average Bonchev–Trinajstić information content (AvgIpc) is 2.66. The Morgan fingerprint density at radius 2 is 2.19 bits per heavy atom. The number of hydrogen-bond acceptors (Lipinski definition) is 3. The largest absolute Gasteiger partial charge is 0.343 e. The molecule has 0 amide bonds. The van der Waals surface area contributed by atoms with Crippen LogP contribution in [-0.2, 0) is 6.54 Å². The number of hydrogen-bond donors (Lipinski definition) is 2. The fraction of sp³-hybridized carbons (Fsp3) is 0.818. The van der Waals surface area contributed by atoms with E-state index in [-0.39, 0.29) is 11.7 Å².